The van der Waals surface area contributed by atoms with Gasteiger partial charge in [0.25, 0.3) is 0 Å². The van der Waals surface area contributed by atoms with Gasteiger partial charge in [-0.05, 0) is 0 Å². The fourth-order valence-corrected chi connectivity index (χ4v) is 0. The molecule has 0 spiro atoms. The van der Waals surface area contributed by atoms with Crippen molar-refractivity contribution in [1.82, 2.24) is 0 Å². The van der Waals surface area contributed by atoms with Crippen molar-refractivity contribution in [3.63, 3.8) is 0 Å². The van der Waals surface area contributed by atoms with E-state index in [1.54, 1.807) is 0 Å². The maximum absolute atomic E-state index is 8.74. The Morgan fingerprint density at radius 1 is 1.14 bits per heavy atom. The third-order valence-electron chi connectivity index (χ3n) is 0. The molecule has 40 valence electrons. The van der Waals surface area contributed by atoms with Gasteiger partial charge in [0.15, 0.2) is 0 Å². The Labute approximate surface area is 75.1 Å². The zero-order chi connectivity index (χ0) is 4.50. The molecule has 7 heteroatoms. The molecule has 0 saturated heterocycles. The number of rotatable bonds is 0. The van der Waals surface area contributed by atoms with Gasteiger partial charge in [-0.15, -0.1) is 0 Å². The van der Waals surface area contributed by atoms with Gasteiger partial charge >= 0.3 is 58.3 Å². The van der Waals surface area contributed by atoms with Crippen LogP contribution in [-0.2, 0) is 10.4 Å². The zero-order valence-electron chi connectivity index (χ0n) is 2.12. The van der Waals surface area contributed by atoms with Gasteiger partial charge in [-0.3, -0.25) is 9.11 Å². The Balaban J connectivity index is -0.0000000800. The van der Waals surface area contributed by atoms with Gasteiger partial charge in [-0.25, -0.2) is 0 Å². The van der Waals surface area contributed by atoms with Crippen LogP contribution in [0.2, 0.25) is 0 Å². The van der Waals surface area contributed by atoms with Crippen molar-refractivity contribution in [1.29, 1.82) is 0 Å². The molecule has 4 nitrogen and oxygen atoms in total. The van der Waals surface area contributed by atoms with E-state index in [0.29, 0.717) is 0 Å². The van der Waals surface area contributed by atoms with Crippen LogP contribution in [0.3, 0.4) is 0 Å². The summed E-state index contributed by atoms with van der Waals surface area (Å²) in [5.74, 6) is 0. The monoisotopic (exact) mass is 151 g/mol. The van der Waals surface area contributed by atoms with Crippen LogP contribution < -0.4 is 0 Å². The van der Waals surface area contributed by atoms with E-state index in [9.17, 15) is 0 Å². The van der Waals surface area contributed by atoms with E-state index in [2.05, 4.69) is 0 Å². The molecule has 0 heterocycles. The standard InChI is InChI=1S/Be.Ca.H2O4S.4H/c;;1-5(2,3)4;;;;/h;;(H2,1,2,3,4);;;;. The van der Waals surface area contributed by atoms with E-state index in [0.717, 1.165) is 0 Å². The molecule has 0 aromatic heterocycles. The zero-order valence-corrected chi connectivity index (χ0v) is 2.94. The van der Waals surface area contributed by atoms with E-state index < -0.39 is 10.4 Å². The number of hydrogen-bond acceptors (Lipinski definition) is 2. The quantitative estimate of drug-likeness (QED) is 0.297. The summed E-state index contributed by atoms with van der Waals surface area (Å²) in [4.78, 5) is 0. The molecule has 0 unspecified atom stereocenters. The Kier molecular flexibility index (Phi) is 12.2. The van der Waals surface area contributed by atoms with Crippen LogP contribution in [-0.4, -0.2) is 65.4 Å². The van der Waals surface area contributed by atoms with Gasteiger partial charge in [0.05, 0.1) is 0 Å². The average molecular weight is 151 g/mol. The van der Waals surface area contributed by atoms with Crippen molar-refractivity contribution in [2.75, 3.05) is 0 Å². The van der Waals surface area contributed by atoms with E-state index in [1.165, 1.54) is 0 Å². The summed E-state index contributed by atoms with van der Waals surface area (Å²) in [6.07, 6.45) is 0. The fraction of sp³-hybridized carbons (Fsp3) is 0. The summed E-state index contributed by atoms with van der Waals surface area (Å²) in [5, 5.41) is 0. The van der Waals surface area contributed by atoms with Gasteiger partial charge < -0.3 is 0 Å². The molecule has 7 heavy (non-hydrogen) atoms. The molecular formula is H6BeCaO4S. The Morgan fingerprint density at radius 2 is 1.14 bits per heavy atom. The first-order valence-corrected chi connectivity index (χ1v) is 2.10. The van der Waals surface area contributed by atoms with Gasteiger partial charge in [-0.2, -0.15) is 8.42 Å². The van der Waals surface area contributed by atoms with Crippen LogP contribution in [0.1, 0.15) is 0 Å². The summed E-state index contributed by atoms with van der Waals surface area (Å²) in [6, 6.07) is 0. The molecule has 0 aromatic carbocycles. The first-order valence-electron chi connectivity index (χ1n) is 0.698. The predicted octanol–water partition coefficient (Wildman–Crippen LogP) is -2.49. The van der Waals surface area contributed by atoms with Crippen molar-refractivity contribution in [2.45, 2.75) is 0 Å². The molecule has 0 aliphatic heterocycles. The number of hydrogen-bond donors (Lipinski definition) is 2. The summed E-state index contributed by atoms with van der Waals surface area (Å²) < 4.78 is 31.6. The summed E-state index contributed by atoms with van der Waals surface area (Å²) >= 11 is 0. The molecule has 0 aliphatic rings. The van der Waals surface area contributed by atoms with E-state index in [1.807, 2.05) is 0 Å². The molecule has 2 N–H and O–H groups in total. The average Bonchev–Trinajstić information content (AvgIpc) is 0.722. The predicted molar refractivity (Wildman–Crippen MR) is 31.3 cm³/mol. The van der Waals surface area contributed by atoms with Crippen molar-refractivity contribution < 1.29 is 17.5 Å². The van der Waals surface area contributed by atoms with Crippen molar-refractivity contribution >= 4 is 58.3 Å². The van der Waals surface area contributed by atoms with Crippen molar-refractivity contribution in [3.05, 3.63) is 0 Å². The second kappa shape index (κ2) is 5.44. The SMILES string of the molecule is O=S(=O)(O)O.[BeH2].[CaH2]. The van der Waals surface area contributed by atoms with Gasteiger partial charge in [0, 0.05) is 0 Å². The first-order chi connectivity index (χ1) is 2.00. The van der Waals surface area contributed by atoms with Gasteiger partial charge in [-0.1, -0.05) is 0 Å². The maximum atomic E-state index is 8.74. The van der Waals surface area contributed by atoms with Crippen LogP contribution in [0.4, 0.5) is 0 Å². The third-order valence-corrected chi connectivity index (χ3v) is 0. The molecule has 0 aromatic rings. The van der Waals surface area contributed by atoms with Crippen molar-refractivity contribution in [2.24, 2.45) is 0 Å². The second-order valence-corrected chi connectivity index (χ2v) is 1.34. The normalized spacial score (nSPS) is 8.29. The topological polar surface area (TPSA) is 74.6 Å². The Hall–Kier alpha value is 1.30. The molecule has 0 saturated carbocycles. The molecule has 0 atom stereocenters. The van der Waals surface area contributed by atoms with Gasteiger partial charge in [0.2, 0.25) is 0 Å². The fourth-order valence-electron chi connectivity index (χ4n) is 0. The Bertz CT molecular complexity index is 94.9. The minimum atomic E-state index is -4.67. The summed E-state index contributed by atoms with van der Waals surface area (Å²) in [6.45, 7) is 0. The van der Waals surface area contributed by atoms with Crippen LogP contribution in [0.5, 0.6) is 0 Å². The molecular weight excluding hydrogens is 145 g/mol. The molecule has 0 fully saturated rings. The molecule has 0 radical (unpaired) electrons. The van der Waals surface area contributed by atoms with Crippen LogP contribution in [0.15, 0.2) is 0 Å². The van der Waals surface area contributed by atoms with Crippen molar-refractivity contribution in [3.8, 4) is 0 Å². The van der Waals surface area contributed by atoms with E-state index in [4.69, 9.17) is 17.5 Å². The van der Waals surface area contributed by atoms with Crippen LogP contribution >= 0.6 is 0 Å². The van der Waals surface area contributed by atoms with Crippen LogP contribution in [0, 0.1) is 0 Å². The molecule has 0 aliphatic carbocycles. The third kappa shape index (κ3) is 122. The molecule has 0 rings (SSSR count). The van der Waals surface area contributed by atoms with E-state index >= 15 is 0 Å². The van der Waals surface area contributed by atoms with E-state index in [-0.39, 0.29) is 47.9 Å². The second-order valence-electron chi connectivity index (χ2n) is 0.448. The van der Waals surface area contributed by atoms with Crippen LogP contribution in [0.25, 0.3) is 0 Å². The summed E-state index contributed by atoms with van der Waals surface area (Å²) in [5.41, 5.74) is 0. The summed E-state index contributed by atoms with van der Waals surface area (Å²) in [7, 11) is -4.67. The van der Waals surface area contributed by atoms with Gasteiger partial charge in [0.1, 0.15) is 0 Å². The molecule has 0 bridgehead atoms. The minimum absolute atomic E-state index is 0. The Morgan fingerprint density at radius 3 is 1.14 bits per heavy atom. The first kappa shape index (κ1) is 15.7. The molecule has 0 amide bonds.